The second-order valence-electron chi connectivity index (χ2n) is 5.01. The second kappa shape index (κ2) is 5.62. The van der Waals surface area contributed by atoms with Gasteiger partial charge in [-0.2, -0.15) is 0 Å². The maximum atomic E-state index is 12.1. The van der Waals surface area contributed by atoms with E-state index in [1.165, 1.54) is 10.9 Å². The summed E-state index contributed by atoms with van der Waals surface area (Å²) in [6.45, 7) is 2.36. The average Bonchev–Trinajstić information content (AvgIpc) is 2.86. The van der Waals surface area contributed by atoms with Crippen LogP contribution in [0, 0.1) is 6.92 Å². The number of carbonyl (C=O) groups excluding carboxylic acids is 1. The molecule has 0 radical (unpaired) electrons. The molecule has 106 valence electrons. The van der Waals surface area contributed by atoms with Gasteiger partial charge in [0.1, 0.15) is 6.54 Å². The Morgan fingerprint density at radius 2 is 1.90 bits per heavy atom. The van der Waals surface area contributed by atoms with Gasteiger partial charge in [0.25, 0.3) is 0 Å². The summed E-state index contributed by atoms with van der Waals surface area (Å²) in [6, 6.07) is 15.2. The number of rotatable bonds is 3. The lowest BCUT2D eigenvalue weighted by molar-refractivity contribution is -0.116. The summed E-state index contributed by atoms with van der Waals surface area (Å²) in [5, 5.41) is 4.70. The Bertz CT molecular complexity index is 790. The van der Waals surface area contributed by atoms with E-state index in [-0.39, 0.29) is 12.5 Å². The molecule has 3 aromatic rings. The van der Waals surface area contributed by atoms with E-state index in [9.17, 15) is 4.79 Å². The topological polar surface area (TPSA) is 34.0 Å². The highest BCUT2D eigenvalue weighted by atomic mass is 35.5. The van der Waals surface area contributed by atoms with Crippen LogP contribution in [0.4, 0.5) is 5.69 Å². The molecule has 0 atom stereocenters. The molecule has 0 aliphatic rings. The Kier molecular flexibility index (Phi) is 3.67. The molecule has 0 saturated heterocycles. The Hall–Kier alpha value is -2.26. The van der Waals surface area contributed by atoms with Gasteiger partial charge in [-0.05, 0) is 48.9 Å². The van der Waals surface area contributed by atoms with Crippen LogP contribution in [0.3, 0.4) is 0 Å². The van der Waals surface area contributed by atoms with E-state index in [0.29, 0.717) is 5.02 Å². The van der Waals surface area contributed by atoms with Crippen LogP contribution in [-0.4, -0.2) is 10.5 Å². The molecule has 0 bridgehead atoms. The number of hydrogen-bond acceptors (Lipinski definition) is 1. The maximum Gasteiger partial charge on any atom is 0.244 e. The second-order valence-corrected chi connectivity index (χ2v) is 5.44. The summed E-state index contributed by atoms with van der Waals surface area (Å²) < 4.78 is 1.95. The smallest absolute Gasteiger partial charge is 0.244 e. The first kappa shape index (κ1) is 13.7. The van der Waals surface area contributed by atoms with Crippen molar-refractivity contribution in [1.29, 1.82) is 0 Å². The Morgan fingerprint density at radius 3 is 2.67 bits per heavy atom. The number of benzene rings is 2. The summed E-state index contributed by atoms with van der Waals surface area (Å²) in [6.07, 6.45) is 1.94. The zero-order chi connectivity index (χ0) is 14.8. The van der Waals surface area contributed by atoms with Gasteiger partial charge in [0.05, 0.1) is 0 Å². The first-order valence-corrected chi connectivity index (χ1v) is 7.11. The Balaban J connectivity index is 1.77. The standard InChI is InChI=1S/C17H15ClN2O/c1-12-3-2-4-16-15(12)9-10-20(16)11-17(21)19-14-7-5-13(18)6-8-14/h2-10H,11H2,1H3,(H,19,21). The van der Waals surface area contributed by atoms with Crippen molar-refractivity contribution in [1.82, 2.24) is 4.57 Å². The lowest BCUT2D eigenvalue weighted by Crippen LogP contribution is -2.18. The van der Waals surface area contributed by atoms with E-state index < -0.39 is 0 Å². The lowest BCUT2D eigenvalue weighted by atomic mass is 10.1. The predicted molar refractivity (Wildman–Crippen MR) is 86.8 cm³/mol. The van der Waals surface area contributed by atoms with Crippen molar-refractivity contribution in [3.8, 4) is 0 Å². The van der Waals surface area contributed by atoms with E-state index in [1.807, 2.05) is 29.0 Å². The monoisotopic (exact) mass is 298 g/mol. The molecule has 1 aromatic heterocycles. The van der Waals surface area contributed by atoms with Crippen molar-refractivity contribution >= 4 is 34.1 Å². The molecular formula is C17H15ClN2O. The van der Waals surface area contributed by atoms with Gasteiger partial charge < -0.3 is 9.88 Å². The molecule has 3 nitrogen and oxygen atoms in total. The molecule has 4 heteroatoms. The molecule has 0 aliphatic heterocycles. The third-order valence-electron chi connectivity index (χ3n) is 3.47. The number of fused-ring (bicyclic) bond motifs is 1. The summed E-state index contributed by atoms with van der Waals surface area (Å²) >= 11 is 5.83. The number of carbonyl (C=O) groups is 1. The van der Waals surface area contributed by atoms with Gasteiger partial charge in [-0.15, -0.1) is 0 Å². The molecule has 0 saturated carbocycles. The normalized spacial score (nSPS) is 10.8. The number of nitrogens with zero attached hydrogens (tertiary/aromatic N) is 1. The van der Waals surface area contributed by atoms with E-state index in [4.69, 9.17) is 11.6 Å². The molecule has 0 spiro atoms. The maximum absolute atomic E-state index is 12.1. The SMILES string of the molecule is Cc1cccc2c1ccn2CC(=O)Nc1ccc(Cl)cc1. The summed E-state index contributed by atoms with van der Waals surface area (Å²) in [7, 11) is 0. The van der Waals surface area contributed by atoms with Crippen LogP contribution in [0.1, 0.15) is 5.56 Å². The van der Waals surface area contributed by atoms with Crippen molar-refractivity contribution < 1.29 is 4.79 Å². The zero-order valence-corrected chi connectivity index (χ0v) is 12.4. The lowest BCUT2D eigenvalue weighted by Gasteiger charge is -2.08. The molecule has 1 N–H and O–H groups in total. The van der Waals surface area contributed by atoms with Crippen molar-refractivity contribution in [3.05, 3.63) is 65.3 Å². The quantitative estimate of drug-likeness (QED) is 0.771. The van der Waals surface area contributed by atoms with Gasteiger partial charge in [-0.3, -0.25) is 4.79 Å². The molecule has 0 unspecified atom stereocenters. The number of hydrogen-bond donors (Lipinski definition) is 1. The van der Waals surface area contributed by atoms with Gasteiger partial charge >= 0.3 is 0 Å². The van der Waals surface area contributed by atoms with Crippen LogP contribution in [-0.2, 0) is 11.3 Å². The third kappa shape index (κ3) is 2.93. The van der Waals surface area contributed by atoms with Gasteiger partial charge in [0.2, 0.25) is 5.91 Å². The van der Waals surface area contributed by atoms with Crippen LogP contribution < -0.4 is 5.32 Å². The van der Waals surface area contributed by atoms with E-state index in [0.717, 1.165) is 11.2 Å². The van der Waals surface area contributed by atoms with E-state index in [1.54, 1.807) is 24.3 Å². The minimum Gasteiger partial charge on any atom is -0.338 e. The Labute approximate surface area is 128 Å². The number of aryl methyl sites for hydroxylation is 1. The molecule has 21 heavy (non-hydrogen) atoms. The number of amides is 1. The van der Waals surface area contributed by atoms with Crippen LogP contribution in [0.2, 0.25) is 5.02 Å². The predicted octanol–water partition coefficient (Wildman–Crippen LogP) is 4.24. The highest BCUT2D eigenvalue weighted by Gasteiger charge is 2.07. The first-order chi connectivity index (χ1) is 10.1. The zero-order valence-electron chi connectivity index (χ0n) is 11.6. The highest BCUT2D eigenvalue weighted by molar-refractivity contribution is 6.30. The summed E-state index contributed by atoms with van der Waals surface area (Å²) in [5.41, 5.74) is 3.03. The minimum absolute atomic E-state index is 0.0590. The first-order valence-electron chi connectivity index (χ1n) is 6.73. The number of aromatic nitrogens is 1. The molecule has 1 heterocycles. The van der Waals surface area contributed by atoms with Gasteiger partial charge in [0.15, 0.2) is 0 Å². The van der Waals surface area contributed by atoms with Crippen LogP contribution in [0.25, 0.3) is 10.9 Å². The van der Waals surface area contributed by atoms with E-state index >= 15 is 0 Å². The van der Waals surface area contributed by atoms with Crippen LogP contribution in [0.5, 0.6) is 0 Å². The molecule has 1 amide bonds. The molecule has 3 rings (SSSR count). The van der Waals surface area contributed by atoms with Crippen molar-refractivity contribution in [2.75, 3.05) is 5.32 Å². The van der Waals surface area contributed by atoms with Crippen LogP contribution >= 0.6 is 11.6 Å². The van der Waals surface area contributed by atoms with Gasteiger partial charge in [-0.25, -0.2) is 0 Å². The van der Waals surface area contributed by atoms with Gasteiger partial charge in [0, 0.05) is 27.8 Å². The fourth-order valence-electron chi connectivity index (χ4n) is 2.40. The number of nitrogens with one attached hydrogen (secondary N) is 1. The number of anilines is 1. The minimum atomic E-state index is -0.0590. The Morgan fingerprint density at radius 1 is 1.14 bits per heavy atom. The van der Waals surface area contributed by atoms with Crippen LogP contribution in [0.15, 0.2) is 54.7 Å². The molecule has 2 aromatic carbocycles. The van der Waals surface area contributed by atoms with Crippen molar-refractivity contribution in [3.63, 3.8) is 0 Å². The summed E-state index contributed by atoms with van der Waals surface area (Å²) in [4.78, 5) is 12.1. The van der Waals surface area contributed by atoms with Crippen molar-refractivity contribution in [2.24, 2.45) is 0 Å². The third-order valence-corrected chi connectivity index (χ3v) is 3.73. The highest BCUT2D eigenvalue weighted by Crippen LogP contribution is 2.19. The largest absolute Gasteiger partial charge is 0.338 e. The van der Waals surface area contributed by atoms with Crippen molar-refractivity contribution in [2.45, 2.75) is 13.5 Å². The fourth-order valence-corrected chi connectivity index (χ4v) is 2.53. The number of halogens is 1. The van der Waals surface area contributed by atoms with E-state index in [2.05, 4.69) is 18.3 Å². The average molecular weight is 299 g/mol. The molecule has 0 fully saturated rings. The summed E-state index contributed by atoms with van der Waals surface area (Å²) in [5.74, 6) is -0.0590. The molecule has 0 aliphatic carbocycles. The molecular weight excluding hydrogens is 284 g/mol. The van der Waals surface area contributed by atoms with Gasteiger partial charge in [-0.1, -0.05) is 23.7 Å². The fraction of sp³-hybridized carbons (Fsp3) is 0.118.